The SMILES string of the molecule is COCc1[nH]c(C)c(-c2ccc(F)cc2C)c(=O)c1C(=O)Cc1ccc(Oc2ccnc3cc(OC)c(OC)nc23)cc1. The largest absolute Gasteiger partial charge is 0.491 e. The Bertz CT molecular complexity index is 1890. The van der Waals surface area contributed by atoms with E-state index in [-0.39, 0.29) is 24.4 Å². The molecule has 0 bridgehead atoms. The molecule has 5 rings (SSSR count). The number of aromatic amines is 1. The zero-order valence-electron chi connectivity index (χ0n) is 24.4. The van der Waals surface area contributed by atoms with Crippen LogP contribution in [0.15, 0.2) is 65.6 Å². The highest BCUT2D eigenvalue weighted by molar-refractivity contribution is 5.99. The molecule has 3 heterocycles. The number of fused-ring (bicyclic) bond motifs is 1. The maximum absolute atomic E-state index is 13.8. The van der Waals surface area contributed by atoms with Gasteiger partial charge in [0.05, 0.1) is 37.6 Å². The molecule has 0 aliphatic heterocycles. The minimum absolute atomic E-state index is 0.0187. The van der Waals surface area contributed by atoms with Crippen LogP contribution in [-0.2, 0) is 17.8 Å². The molecule has 2 aromatic carbocycles. The van der Waals surface area contributed by atoms with Gasteiger partial charge in [-0.1, -0.05) is 18.2 Å². The maximum Gasteiger partial charge on any atom is 0.257 e. The van der Waals surface area contributed by atoms with Gasteiger partial charge in [0.25, 0.3) is 5.88 Å². The Balaban J connectivity index is 1.43. The molecule has 9 nitrogen and oxygen atoms in total. The molecule has 0 unspecified atom stereocenters. The molecular formula is C33H30FN3O6. The smallest absolute Gasteiger partial charge is 0.257 e. The molecule has 0 radical (unpaired) electrons. The summed E-state index contributed by atoms with van der Waals surface area (Å²) < 4.78 is 35.8. The van der Waals surface area contributed by atoms with Crippen LogP contribution in [0.5, 0.6) is 23.1 Å². The highest BCUT2D eigenvalue weighted by atomic mass is 19.1. The molecule has 5 aromatic rings. The van der Waals surface area contributed by atoms with Crippen molar-refractivity contribution in [3.8, 4) is 34.3 Å². The summed E-state index contributed by atoms with van der Waals surface area (Å²) in [6.45, 7) is 3.53. The minimum Gasteiger partial charge on any atom is -0.491 e. The second-order valence-electron chi connectivity index (χ2n) is 9.92. The normalized spacial score (nSPS) is 11.0. The van der Waals surface area contributed by atoms with E-state index in [2.05, 4.69) is 15.0 Å². The predicted octanol–water partition coefficient (Wildman–Crippen LogP) is 6.12. The van der Waals surface area contributed by atoms with Crippen LogP contribution in [0.25, 0.3) is 22.2 Å². The number of ether oxygens (including phenoxy) is 4. The molecule has 0 aliphatic carbocycles. The van der Waals surface area contributed by atoms with E-state index in [0.717, 1.165) is 0 Å². The van der Waals surface area contributed by atoms with Crippen LogP contribution in [0.4, 0.5) is 4.39 Å². The van der Waals surface area contributed by atoms with E-state index >= 15 is 0 Å². The van der Waals surface area contributed by atoms with Gasteiger partial charge in [-0.15, -0.1) is 0 Å². The van der Waals surface area contributed by atoms with Crippen LogP contribution in [0, 0.1) is 19.7 Å². The van der Waals surface area contributed by atoms with Gasteiger partial charge in [0.2, 0.25) is 5.43 Å². The highest BCUT2D eigenvalue weighted by Crippen LogP contribution is 2.34. The Morgan fingerprint density at radius 1 is 0.953 bits per heavy atom. The topological polar surface area (TPSA) is 113 Å². The number of halogens is 1. The van der Waals surface area contributed by atoms with Crippen molar-refractivity contribution in [2.75, 3.05) is 21.3 Å². The van der Waals surface area contributed by atoms with Gasteiger partial charge in [0, 0.05) is 43.1 Å². The summed E-state index contributed by atoms with van der Waals surface area (Å²) in [7, 11) is 4.52. The number of aryl methyl sites for hydroxylation is 2. The van der Waals surface area contributed by atoms with Crippen molar-refractivity contribution in [2.24, 2.45) is 0 Å². The van der Waals surface area contributed by atoms with Gasteiger partial charge in [-0.25, -0.2) is 9.37 Å². The first kappa shape index (κ1) is 29.4. The lowest BCUT2D eigenvalue weighted by atomic mass is 9.93. The Kier molecular flexibility index (Phi) is 8.49. The lowest BCUT2D eigenvalue weighted by Gasteiger charge is -2.15. The Morgan fingerprint density at radius 3 is 2.40 bits per heavy atom. The molecule has 0 spiro atoms. The fourth-order valence-corrected chi connectivity index (χ4v) is 5.03. The number of rotatable bonds is 10. The molecule has 43 heavy (non-hydrogen) atoms. The lowest BCUT2D eigenvalue weighted by molar-refractivity contribution is 0.0986. The van der Waals surface area contributed by atoms with E-state index in [9.17, 15) is 14.0 Å². The number of nitrogens with one attached hydrogen (secondary N) is 1. The van der Waals surface area contributed by atoms with Crippen molar-refractivity contribution >= 4 is 16.8 Å². The van der Waals surface area contributed by atoms with E-state index in [1.54, 1.807) is 62.5 Å². The summed E-state index contributed by atoms with van der Waals surface area (Å²) in [5, 5.41) is 0. The van der Waals surface area contributed by atoms with Gasteiger partial charge < -0.3 is 23.9 Å². The van der Waals surface area contributed by atoms with Crippen molar-refractivity contribution in [3.05, 3.63) is 105 Å². The number of pyridine rings is 3. The number of H-pyrrole nitrogens is 1. The number of hydrogen-bond acceptors (Lipinski definition) is 8. The molecule has 3 aromatic heterocycles. The summed E-state index contributed by atoms with van der Waals surface area (Å²) in [4.78, 5) is 39.4. The molecular weight excluding hydrogens is 553 g/mol. The Morgan fingerprint density at radius 2 is 1.72 bits per heavy atom. The van der Waals surface area contributed by atoms with Crippen LogP contribution >= 0.6 is 0 Å². The average molecular weight is 584 g/mol. The van der Waals surface area contributed by atoms with Gasteiger partial charge >= 0.3 is 0 Å². The fourth-order valence-electron chi connectivity index (χ4n) is 5.03. The van der Waals surface area contributed by atoms with Crippen molar-refractivity contribution in [1.29, 1.82) is 0 Å². The molecule has 0 saturated heterocycles. The molecule has 0 aliphatic rings. The second kappa shape index (κ2) is 12.4. The van der Waals surface area contributed by atoms with Gasteiger partial charge in [0.15, 0.2) is 17.3 Å². The molecule has 0 atom stereocenters. The summed E-state index contributed by atoms with van der Waals surface area (Å²) >= 11 is 0. The zero-order valence-corrected chi connectivity index (χ0v) is 24.4. The quantitative estimate of drug-likeness (QED) is 0.196. The number of hydrogen-bond donors (Lipinski definition) is 1. The first-order valence-electron chi connectivity index (χ1n) is 13.4. The van der Waals surface area contributed by atoms with Crippen LogP contribution in [0.1, 0.15) is 32.9 Å². The van der Waals surface area contributed by atoms with Crippen LogP contribution in [-0.4, -0.2) is 42.1 Å². The number of aromatic nitrogens is 3. The first-order valence-corrected chi connectivity index (χ1v) is 13.4. The maximum atomic E-state index is 13.8. The Labute approximate surface area is 247 Å². The third-order valence-corrected chi connectivity index (χ3v) is 7.03. The average Bonchev–Trinajstić information content (AvgIpc) is 2.98. The van der Waals surface area contributed by atoms with E-state index in [1.807, 2.05) is 0 Å². The minimum atomic E-state index is -0.424. The monoisotopic (exact) mass is 583 g/mol. The van der Waals surface area contributed by atoms with Crippen molar-refractivity contribution in [2.45, 2.75) is 26.9 Å². The van der Waals surface area contributed by atoms with E-state index < -0.39 is 11.2 Å². The summed E-state index contributed by atoms with van der Waals surface area (Å²) in [6.07, 6.45) is 1.58. The van der Waals surface area contributed by atoms with E-state index in [1.165, 1.54) is 33.5 Å². The number of Topliss-reactive ketones (excluding diaryl/α,β-unsaturated/α-hetero) is 1. The van der Waals surface area contributed by atoms with Crippen LogP contribution in [0.2, 0.25) is 0 Å². The summed E-state index contributed by atoms with van der Waals surface area (Å²) in [5.74, 6) is 0.973. The van der Waals surface area contributed by atoms with Crippen LogP contribution in [0.3, 0.4) is 0 Å². The van der Waals surface area contributed by atoms with Gasteiger partial charge in [-0.3, -0.25) is 14.6 Å². The number of carbonyl (C=O) groups excluding carboxylic acids is 1. The highest BCUT2D eigenvalue weighted by Gasteiger charge is 2.23. The summed E-state index contributed by atoms with van der Waals surface area (Å²) in [6, 6.07) is 14.6. The van der Waals surface area contributed by atoms with Crippen molar-refractivity contribution in [1.82, 2.24) is 15.0 Å². The molecule has 10 heteroatoms. The number of methoxy groups -OCH3 is 3. The molecule has 1 N–H and O–H groups in total. The van der Waals surface area contributed by atoms with Gasteiger partial charge in [-0.05, 0) is 54.8 Å². The van der Waals surface area contributed by atoms with Crippen molar-refractivity contribution in [3.63, 3.8) is 0 Å². The predicted molar refractivity (Wildman–Crippen MR) is 160 cm³/mol. The summed E-state index contributed by atoms with van der Waals surface area (Å²) in [5.41, 5.74) is 3.80. The Hall–Kier alpha value is -5.09. The molecule has 0 amide bonds. The standard InChI is InChI=1S/C33H30FN3O6/c1-18-14-21(34)8-11-23(18)29-19(2)36-25(17-40-3)30(32(29)39)26(38)15-20-6-9-22(10-7-20)43-27-12-13-35-24-16-28(41-4)33(42-5)37-31(24)27/h6-14,16H,15,17H2,1-5H3,(H,36,39). The van der Waals surface area contributed by atoms with Gasteiger partial charge in [-0.2, -0.15) is 0 Å². The number of nitrogens with zero attached hydrogens (tertiary/aromatic N) is 2. The van der Waals surface area contributed by atoms with Crippen molar-refractivity contribution < 1.29 is 28.1 Å². The molecule has 0 saturated carbocycles. The number of ketones is 1. The lowest BCUT2D eigenvalue weighted by Crippen LogP contribution is -2.24. The zero-order chi connectivity index (χ0) is 30.7. The number of carbonyl (C=O) groups is 1. The van der Waals surface area contributed by atoms with Crippen LogP contribution < -0.4 is 19.6 Å². The second-order valence-corrected chi connectivity index (χ2v) is 9.92. The van der Waals surface area contributed by atoms with Gasteiger partial charge in [0.1, 0.15) is 17.1 Å². The third-order valence-electron chi connectivity index (χ3n) is 7.03. The fraction of sp³-hybridized carbons (Fsp3) is 0.212. The molecule has 0 fully saturated rings. The molecule has 220 valence electrons. The number of benzene rings is 2. The van der Waals surface area contributed by atoms with E-state index in [0.29, 0.717) is 67.8 Å². The first-order chi connectivity index (χ1) is 20.7. The van der Waals surface area contributed by atoms with E-state index in [4.69, 9.17) is 18.9 Å². The third kappa shape index (κ3) is 5.96.